The van der Waals surface area contributed by atoms with Crippen molar-refractivity contribution >= 4 is 34.0 Å². The Hall–Kier alpha value is -3.30. The van der Waals surface area contributed by atoms with Crippen LogP contribution in [0.5, 0.6) is 0 Å². The first-order valence-corrected chi connectivity index (χ1v) is 11.8. The van der Waals surface area contributed by atoms with Crippen molar-refractivity contribution in [1.82, 2.24) is 29.6 Å². The van der Waals surface area contributed by atoms with E-state index in [1.165, 1.54) is 11.1 Å². The second-order valence-corrected chi connectivity index (χ2v) is 10.2. The standard InChI is InChI=1S/C24H27N7OS/c1-5-10-30-21(32)18-13-27-23(28-17-7-6-16-12-25-9-8-15(16)11-17)29-20(18)31(30)19-14-26-22(33-19)24(2,3)4/h5-7,11,13-14,25H,1,8-10,12H2,2-4H3,(H,27,28,29). The topological polar surface area (TPSA) is 89.7 Å². The lowest BCUT2D eigenvalue weighted by Crippen LogP contribution is -2.23. The molecule has 3 aromatic heterocycles. The molecular weight excluding hydrogens is 434 g/mol. The largest absolute Gasteiger partial charge is 0.324 e. The van der Waals surface area contributed by atoms with E-state index in [4.69, 9.17) is 4.98 Å². The average Bonchev–Trinajstić information content (AvgIpc) is 3.38. The Kier molecular flexibility index (Phi) is 5.38. The number of rotatable bonds is 5. The van der Waals surface area contributed by atoms with Crippen molar-refractivity contribution < 1.29 is 0 Å². The van der Waals surface area contributed by atoms with Gasteiger partial charge in [0, 0.05) is 23.8 Å². The van der Waals surface area contributed by atoms with E-state index in [0.29, 0.717) is 23.5 Å². The number of fused-ring (bicyclic) bond motifs is 2. The fraction of sp³-hybridized carbons (Fsp3) is 0.333. The number of thiazole rings is 1. The highest BCUT2D eigenvalue weighted by Crippen LogP contribution is 2.30. The minimum atomic E-state index is -0.150. The van der Waals surface area contributed by atoms with Crippen LogP contribution < -0.4 is 16.2 Å². The van der Waals surface area contributed by atoms with Crippen LogP contribution in [0.25, 0.3) is 16.0 Å². The maximum atomic E-state index is 13.1. The van der Waals surface area contributed by atoms with Gasteiger partial charge >= 0.3 is 0 Å². The molecular formula is C24H27N7OS. The molecule has 0 saturated carbocycles. The summed E-state index contributed by atoms with van der Waals surface area (Å²) in [5.41, 5.74) is 3.89. The predicted molar refractivity (Wildman–Crippen MR) is 133 cm³/mol. The molecule has 8 nitrogen and oxygen atoms in total. The van der Waals surface area contributed by atoms with Crippen molar-refractivity contribution in [2.75, 3.05) is 11.9 Å². The van der Waals surface area contributed by atoms with Crippen molar-refractivity contribution in [1.29, 1.82) is 0 Å². The van der Waals surface area contributed by atoms with Crippen LogP contribution in [-0.4, -0.2) is 30.9 Å². The van der Waals surface area contributed by atoms with Gasteiger partial charge in [0.05, 0.1) is 12.7 Å². The average molecular weight is 462 g/mol. The molecule has 4 heterocycles. The van der Waals surface area contributed by atoms with Gasteiger partial charge in [0.25, 0.3) is 5.56 Å². The van der Waals surface area contributed by atoms with E-state index in [-0.39, 0.29) is 11.0 Å². The first-order chi connectivity index (χ1) is 15.8. The van der Waals surface area contributed by atoms with Crippen LogP contribution in [0.2, 0.25) is 0 Å². The van der Waals surface area contributed by atoms with E-state index in [2.05, 4.69) is 60.1 Å². The van der Waals surface area contributed by atoms with Gasteiger partial charge in [-0.25, -0.2) is 19.3 Å². The molecule has 170 valence electrons. The highest BCUT2D eigenvalue weighted by atomic mass is 32.1. The van der Waals surface area contributed by atoms with Crippen LogP contribution in [0, 0.1) is 0 Å². The van der Waals surface area contributed by atoms with E-state index < -0.39 is 0 Å². The van der Waals surface area contributed by atoms with Crippen LogP contribution >= 0.6 is 11.3 Å². The maximum Gasteiger partial charge on any atom is 0.278 e. The monoisotopic (exact) mass is 461 g/mol. The Labute approximate surface area is 196 Å². The van der Waals surface area contributed by atoms with Crippen LogP contribution in [0.1, 0.15) is 36.9 Å². The summed E-state index contributed by atoms with van der Waals surface area (Å²) in [6.45, 7) is 12.4. The zero-order valence-electron chi connectivity index (χ0n) is 19.1. The van der Waals surface area contributed by atoms with Gasteiger partial charge in [-0.05, 0) is 36.2 Å². The van der Waals surface area contributed by atoms with E-state index in [0.717, 1.165) is 35.2 Å². The second kappa shape index (κ2) is 8.24. The first kappa shape index (κ1) is 21.5. The minimum absolute atomic E-state index is 0.0842. The fourth-order valence-electron chi connectivity index (χ4n) is 3.99. The van der Waals surface area contributed by atoms with Crippen LogP contribution in [0.4, 0.5) is 11.6 Å². The van der Waals surface area contributed by atoms with Crippen molar-refractivity contribution in [3.05, 3.63) is 69.7 Å². The number of allylic oxidation sites excluding steroid dienone is 1. The summed E-state index contributed by atoms with van der Waals surface area (Å²) in [6.07, 6.45) is 6.10. The Bertz CT molecular complexity index is 1410. The van der Waals surface area contributed by atoms with Gasteiger partial charge in [0.1, 0.15) is 15.4 Å². The fourth-order valence-corrected chi connectivity index (χ4v) is 4.98. The molecule has 0 bridgehead atoms. The number of anilines is 2. The molecule has 0 spiro atoms. The van der Waals surface area contributed by atoms with Gasteiger partial charge in [0.15, 0.2) is 5.65 Å². The van der Waals surface area contributed by atoms with Crippen molar-refractivity contribution in [3.8, 4) is 5.00 Å². The molecule has 9 heteroatoms. The molecule has 0 atom stereocenters. The Morgan fingerprint density at radius 1 is 1.24 bits per heavy atom. The molecule has 1 aliphatic rings. The summed E-state index contributed by atoms with van der Waals surface area (Å²) in [6, 6.07) is 6.32. The molecule has 0 aliphatic carbocycles. The number of hydrogen-bond donors (Lipinski definition) is 2. The number of benzene rings is 1. The molecule has 33 heavy (non-hydrogen) atoms. The number of nitrogens with zero attached hydrogens (tertiary/aromatic N) is 5. The third-order valence-corrected chi connectivity index (χ3v) is 7.07. The number of nitrogens with one attached hydrogen (secondary N) is 2. The van der Waals surface area contributed by atoms with Crippen molar-refractivity contribution in [2.24, 2.45) is 0 Å². The van der Waals surface area contributed by atoms with E-state index in [1.807, 2.05) is 10.7 Å². The number of hydrogen-bond acceptors (Lipinski definition) is 7. The van der Waals surface area contributed by atoms with Gasteiger partial charge in [-0.15, -0.1) is 6.58 Å². The lowest BCUT2D eigenvalue weighted by molar-refractivity contribution is 0.585. The molecule has 1 aromatic carbocycles. The van der Waals surface area contributed by atoms with Crippen molar-refractivity contribution in [2.45, 2.75) is 45.7 Å². The van der Waals surface area contributed by atoms with Crippen LogP contribution in [0.3, 0.4) is 0 Å². The van der Waals surface area contributed by atoms with Gasteiger partial charge in [-0.2, -0.15) is 4.98 Å². The lowest BCUT2D eigenvalue weighted by atomic mass is 9.98. The first-order valence-electron chi connectivity index (χ1n) is 11.0. The summed E-state index contributed by atoms with van der Waals surface area (Å²) in [5.74, 6) is 0.446. The number of aromatic nitrogens is 5. The normalized spacial score (nSPS) is 13.8. The molecule has 0 radical (unpaired) electrons. The van der Waals surface area contributed by atoms with Gasteiger partial charge < -0.3 is 10.6 Å². The summed E-state index contributed by atoms with van der Waals surface area (Å²) < 4.78 is 3.46. The zero-order chi connectivity index (χ0) is 23.2. The smallest absolute Gasteiger partial charge is 0.278 e. The quantitative estimate of drug-likeness (QED) is 0.438. The Balaban J connectivity index is 1.59. The summed E-state index contributed by atoms with van der Waals surface area (Å²) in [7, 11) is 0. The van der Waals surface area contributed by atoms with E-state index in [9.17, 15) is 4.79 Å². The highest BCUT2D eigenvalue weighted by Gasteiger charge is 2.22. The van der Waals surface area contributed by atoms with Crippen LogP contribution in [-0.2, 0) is 24.9 Å². The molecule has 5 rings (SSSR count). The molecule has 0 unspecified atom stereocenters. The highest BCUT2D eigenvalue weighted by molar-refractivity contribution is 7.14. The maximum absolute atomic E-state index is 13.1. The van der Waals surface area contributed by atoms with Gasteiger partial charge in [-0.1, -0.05) is 44.3 Å². The molecule has 0 saturated heterocycles. The van der Waals surface area contributed by atoms with Crippen molar-refractivity contribution in [3.63, 3.8) is 0 Å². The third kappa shape index (κ3) is 3.98. The van der Waals surface area contributed by atoms with Gasteiger partial charge in [0.2, 0.25) is 5.95 Å². The molecule has 0 fully saturated rings. The third-order valence-electron chi connectivity index (χ3n) is 5.67. The second-order valence-electron chi connectivity index (χ2n) is 9.21. The molecule has 4 aromatic rings. The lowest BCUT2D eigenvalue weighted by Gasteiger charge is -2.18. The van der Waals surface area contributed by atoms with Crippen LogP contribution in [0.15, 0.2) is 48.0 Å². The molecule has 0 amide bonds. The summed E-state index contributed by atoms with van der Waals surface area (Å²) in [4.78, 5) is 26.9. The molecule has 1 aliphatic heterocycles. The van der Waals surface area contributed by atoms with E-state index in [1.54, 1.807) is 34.5 Å². The minimum Gasteiger partial charge on any atom is -0.324 e. The zero-order valence-corrected chi connectivity index (χ0v) is 19.9. The summed E-state index contributed by atoms with van der Waals surface area (Å²) in [5, 5.41) is 8.99. The summed E-state index contributed by atoms with van der Waals surface area (Å²) >= 11 is 1.56. The SMILES string of the molecule is C=CCn1c(=O)c2cnc(Nc3ccc4c(c3)CCNC4)nc2n1-c1cnc(C(C)(C)C)s1. The Morgan fingerprint density at radius 3 is 2.85 bits per heavy atom. The van der Waals surface area contributed by atoms with Gasteiger partial charge in [-0.3, -0.25) is 4.79 Å². The Morgan fingerprint density at radius 2 is 2.09 bits per heavy atom. The predicted octanol–water partition coefficient (Wildman–Crippen LogP) is 3.91. The molecule has 2 N–H and O–H groups in total. The van der Waals surface area contributed by atoms with E-state index >= 15 is 0 Å².